The van der Waals surface area contributed by atoms with Crippen LogP contribution in [0.15, 0.2) is 36.4 Å². The number of nitrogens with one attached hydrogen (secondary N) is 2. The molecule has 0 spiro atoms. The SMILES string of the molecule is Cc1c(Cl)cccc1NC(=O)CNC(=O)COC(=O)c1c(F)cccc1F. The van der Waals surface area contributed by atoms with E-state index in [1.165, 1.54) is 0 Å². The van der Waals surface area contributed by atoms with Crippen LogP contribution in [-0.2, 0) is 14.3 Å². The first kappa shape index (κ1) is 20.3. The van der Waals surface area contributed by atoms with E-state index >= 15 is 0 Å². The van der Waals surface area contributed by atoms with Gasteiger partial charge in [-0.05, 0) is 36.8 Å². The van der Waals surface area contributed by atoms with Crippen LogP contribution in [0, 0.1) is 18.6 Å². The Bertz CT molecular complexity index is 869. The van der Waals surface area contributed by atoms with Crippen molar-refractivity contribution in [3.63, 3.8) is 0 Å². The molecule has 2 amide bonds. The Hall–Kier alpha value is -3.00. The third-order valence-corrected chi connectivity index (χ3v) is 3.90. The van der Waals surface area contributed by atoms with Gasteiger partial charge in [0, 0.05) is 10.7 Å². The zero-order chi connectivity index (χ0) is 20.0. The summed E-state index contributed by atoms with van der Waals surface area (Å²) in [7, 11) is 0. The Morgan fingerprint density at radius 2 is 1.67 bits per heavy atom. The molecule has 27 heavy (non-hydrogen) atoms. The minimum absolute atomic E-state index is 0.392. The first-order chi connectivity index (χ1) is 12.8. The highest BCUT2D eigenvalue weighted by molar-refractivity contribution is 6.31. The number of hydrogen-bond acceptors (Lipinski definition) is 4. The lowest BCUT2D eigenvalue weighted by Gasteiger charge is -2.10. The number of rotatable bonds is 6. The Labute approximate surface area is 158 Å². The molecule has 0 saturated heterocycles. The molecule has 0 aliphatic carbocycles. The topological polar surface area (TPSA) is 84.5 Å². The highest BCUT2D eigenvalue weighted by atomic mass is 35.5. The van der Waals surface area contributed by atoms with E-state index in [0.717, 1.165) is 18.2 Å². The molecular weight excluding hydrogens is 382 g/mol. The van der Waals surface area contributed by atoms with Crippen LogP contribution in [0.3, 0.4) is 0 Å². The van der Waals surface area contributed by atoms with Gasteiger partial charge in [0.15, 0.2) is 6.61 Å². The maximum absolute atomic E-state index is 13.4. The monoisotopic (exact) mass is 396 g/mol. The minimum Gasteiger partial charge on any atom is -0.452 e. The van der Waals surface area contributed by atoms with Crippen molar-refractivity contribution in [2.45, 2.75) is 6.92 Å². The minimum atomic E-state index is -1.32. The molecule has 0 aliphatic heterocycles. The third kappa shape index (κ3) is 5.49. The molecule has 0 fully saturated rings. The van der Waals surface area contributed by atoms with Gasteiger partial charge in [-0.3, -0.25) is 9.59 Å². The molecule has 2 rings (SSSR count). The second-order valence-electron chi connectivity index (χ2n) is 5.41. The molecule has 0 aliphatic rings. The van der Waals surface area contributed by atoms with Crippen LogP contribution in [0.5, 0.6) is 0 Å². The standard InChI is InChI=1S/C18H15ClF2N2O4/c1-10-11(19)4-2-7-14(10)23-15(24)8-22-16(25)9-27-18(26)17-12(20)5-3-6-13(17)21/h2-7H,8-9H2,1H3,(H,22,25)(H,23,24). The second-order valence-corrected chi connectivity index (χ2v) is 5.82. The number of amides is 2. The summed E-state index contributed by atoms with van der Waals surface area (Å²) in [5, 5.41) is 5.27. The molecule has 0 bridgehead atoms. The molecule has 2 N–H and O–H groups in total. The zero-order valence-electron chi connectivity index (χ0n) is 14.1. The molecule has 142 valence electrons. The van der Waals surface area contributed by atoms with Crippen LogP contribution < -0.4 is 10.6 Å². The number of anilines is 1. The maximum Gasteiger partial charge on any atom is 0.344 e. The predicted octanol–water partition coefficient (Wildman–Crippen LogP) is 2.84. The Morgan fingerprint density at radius 1 is 1.04 bits per heavy atom. The van der Waals surface area contributed by atoms with Gasteiger partial charge in [-0.1, -0.05) is 23.7 Å². The van der Waals surface area contributed by atoms with Crippen LogP contribution >= 0.6 is 11.6 Å². The number of halogens is 3. The highest BCUT2D eigenvalue weighted by Crippen LogP contribution is 2.22. The summed E-state index contributed by atoms with van der Waals surface area (Å²) in [5.74, 6) is -4.86. The average Bonchev–Trinajstić information content (AvgIpc) is 2.62. The Morgan fingerprint density at radius 3 is 2.33 bits per heavy atom. The third-order valence-electron chi connectivity index (χ3n) is 3.49. The van der Waals surface area contributed by atoms with Gasteiger partial charge < -0.3 is 15.4 Å². The lowest BCUT2D eigenvalue weighted by molar-refractivity contribution is -0.126. The molecule has 0 radical (unpaired) electrons. The molecule has 0 heterocycles. The van der Waals surface area contributed by atoms with E-state index in [2.05, 4.69) is 15.4 Å². The fraction of sp³-hybridized carbons (Fsp3) is 0.167. The van der Waals surface area contributed by atoms with E-state index in [9.17, 15) is 23.2 Å². The van der Waals surface area contributed by atoms with E-state index in [1.54, 1.807) is 25.1 Å². The van der Waals surface area contributed by atoms with Crippen molar-refractivity contribution in [2.24, 2.45) is 0 Å². The fourth-order valence-electron chi connectivity index (χ4n) is 2.06. The summed E-state index contributed by atoms with van der Waals surface area (Å²) in [6.07, 6.45) is 0. The summed E-state index contributed by atoms with van der Waals surface area (Å²) in [6.45, 7) is 0.532. The lowest BCUT2D eigenvalue weighted by atomic mass is 10.2. The first-order valence-corrected chi connectivity index (χ1v) is 8.10. The summed E-state index contributed by atoms with van der Waals surface area (Å²) >= 11 is 5.95. The van der Waals surface area contributed by atoms with Crippen molar-refractivity contribution < 1.29 is 27.9 Å². The van der Waals surface area contributed by atoms with E-state index in [1.807, 2.05) is 0 Å². The number of ether oxygens (including phenoxy) is 1. The van der Waals surface area contributed by atoms with Crippen LogP contribution in [0.4, 0.5) is 14.5 Å². The van der Waals surface area contributed by atoms with Gasteiger partial charge in [0.2, 0.25) is 5.91 Å². The van der Waals surface area contributed by atoms with E-state index in [-0.39, 0.29) is 0 Å². The first-order valence-electron chi connectivity index (χ1n) is 7.72. The van der Waals surface area contributed by atoms with Gasteiger partial charge in [-0.15, -0.1) is 0 Å². The van der Waals surface area contributed by atoms with Gasteiger partial charge in [-0.2, -0.15) is 0 Å². The van der Waals surface area contributed by atoms with Gasteiger partial charge in [0.1, 0.15) is 17.2 Å². The summed E-state index contributed by atoms with van der Waals surface area (Å²) < 4.78 is 31.4. The lowest BCUT2D eigenvalue weighted by Crippen LogP contribution is -2.35. The van der Waals surface area contributed by atoms with Crippen LogP contribution in [0.25, 0.3) is 0 Å². The van der Waals surface area contributed by atoms with Gasteiger partial charge in [0.25, 0.3) is 5.91 Å². The normalized spacial score (nSPS) is 10.2. The molecule has 2 aromatic rings. The molecule has 2 aromatic carbocycles. The van der Waals surface area contributed by atoms with Gasteiger partial charge in [-0.25, -0.2) is 13.6 Å². The number of carbonyl (C=O) groups excluding carboxylic acids is 3. The number of carbonyl (C=O) groups is 3. The molecule has 0 unspecified atom stereocenters. The van der Waals surface area contributed by atoms with Gasteiger partial charge >= 0.3 is 5.97 Å². The quantitative estimate of drug-likeness (QED) is 0.735. The zero-order valence-corrected chi connectivity index (χ0v) is 14.9. The molecule has 0 atom stereocenters. The Kier molecular flexibility index (Phi) is 6.84. The van der Waals surface area contributed by atoms with E-state index < -0.39 is 48.1 Å². The predicted molar refractivity (Wildman–Crippen MR) is 94.5 cm³/mol. The van der Waals surface area contributed by atoms with Crippen molar-refractivity contribution in [1.82, 2.24) is 5.32 Å². The number of esters is 1. The summed E-state index contributed by atoms with van der Waals surface area (Å²) in [5.41, 5.74) is 0.266. The van der Waals surface area contributed by atoms with Crippen molar-refractivity contribution in [3.8, 4) is 0 Å². The highest BCUT2D eigenvalue weighted by Gasteiger charge is 2.19. The Balaban J connectivity index is 1.81. The molecule has 6 nitrogen and oxygen atoms in total. The van der Waals surface area contributed by atoms with Crippen molar-refractivity contribution in [1.29, 1.82) is 0 Å². The van der Waals surface area contributed by atoms with Crippen molar-refractivity contribution >= 4 is 35.1 Å². The van der Waals surface area contributed by atoms with Crippen LogP contribution in [0.1, 0.15) is 15.9 Å². The summed E-state index contributed by atoms with van der Waals surface area (Å²) in [6, 6.07) is 7.84. The maximum atomic E-state index is 13.4. The molecule has 9 heteroatoms. The van der Waals surface area contributed by atoms with E-state index in [4.69, 9.17) is 11.6 Å². The van der Waals surface area contributed by atoms with Crippen molar-refractivity contribution in [3.05, 3.63) is 64.2 Å². The van der Waals surface area contributed by atoms with E-state index in [0.29, 0.717) is 16.3 Å². The smallest absolute Gasteiger partial charge is 0.344 e. The largest absolute Gasteiger partial charge is 0.452 e. The molecular formula is C18H15ClF2N2O4. The van der Waals surface area contributed by atoms with Gasteiger partial charge in [0.05, 0.1) is 6.54 Å². The molecule has 0 aromatic heterocycles. The fourth-order valence-corrected chi connectivity index (χ4v) is 2.24. The number of benzene rings is 2. The van der Waals surface area contributed by atoms with Crippen LogP contribution in [-0.4, -0.2) is 30.9 Å². The van der Waals surface area contributed by atoms with Crippen LogP contribution in [0.2, 0.25) is 5.02 Å². The number of hydrogen-bond donors (Lipinski definition) is 2. The summed E-state index contributed by atoms with van der Waals surface area (Å²) in [4.78, 5) is 35.2. The second kappa shape index (κ2) is 9.09. The average molecular weight is 397 g/mol. The van der Waals surface area contributed by atoms with Crippen molar-refractivity contribution in [2.75, 3.05) is 18.5 Å². The molecule has 0 saturated carbocycles.